The minimum atomic E-state index is 0.239. The summed E-state index contributed by atoms with van der Waals surface area (Å²) in [7, 11) is 1.87. The van der Waals surface area contributed by atoms with Crippen molar-refractivity contribution in [1.82, 2.24) is 15.1 Å². The van der Waals surface area contributed by atoms with Gasteiger partial charge in [0.1, 0.15) is 0 Å². The summed E-state index contributed by atoms with van der Waals surface area (Å²) in [5.41, 5.74) is 0. The molecule has 1 heterocycles. The first-order valence-corrected chi connectivity index (χ1v) is 6.87. The Hall–Kier alpha value is -0.610. The van der Waals surface area contributed by atoms with Crippen LogP contribution in [0.3, 0.4) is 0 Å². The van der Waals surface area contributed by atoms with Crippen LogP contribution in [0.1, 0.15) is 33.1 Å². The zero-order valence-corrected chi connectivity index (χ0v) is 11.5. The number of nitrogens with zero attached hydrogens (tertiary/aromatic N) is 2. The van der Waals surface area contributed by atoms with Crippen molar-refractivity contribution in [3.05, 3.63) is 0 Å². The van der Waals surface area contributed by atoms with E-state index in [0.717, 1.165) is 26.2 Å². The summed E-state index contributed by atoms with van der Waals surface area (Å²) in [4.78, 5) is 15.9. The van der Waals surface area contributed by atoms with Gasteiger partial charge in [0.05, 0.1) is 6.54 Å². The van der Waals surface area contributed by atoms with E-state index < -0.39 is 0 Å². The lowest BCUT2D eigenvalue weighted by molar-refractivity contribution is -0.131. The number of rotatable bonds is 6. The first kappa shape index (κ1) is 14.5. The van der Waals surface area contributed by atoms with Crippen LogP contribution in [0, 0.1) is 0 Å². The Morgan fingerprint density at radius 2 is 2.24 bits per heavy atom. The molecule has 1 saturated heterocycles. The number of likely N-dealkylation sites (N-methyl/N-ethyl adjacent to an activating group) is 1. The number of likely N-dealkylation sites (tertiary alicyclic amines) is 1. The summed E-state index contributed by atoms with van der Waals surface area (Å²) in [5.74, 6) is 0.239. The molecule has 1 unspecified atom stereocenters. The standard InChI is InChI=1S/C13H27N3O/c1-4-8-14-12-7-6-9-16(10-12)11-13(17)15(3)5-2/h12,14H,4-11H2,1-3H3. The van der Waals surface area contributed by atoms with Crippen molar-refractivity contribution in [2.24, 2.45) is 0 Å². The molecule has 4 nitrogen and oxygen atoms in total. The predicted octanol–water partition coefficient (Wildman–Crippen LogP) is 0.929. The zero-order chi connectivity index (χ0) is 12.7. The van der Waals surface area contributed by atoms with E-state index in [2.05, 4.69) is 17.1 Å². The number of amides is 1. The second-order valence-electron chi connectivity index (χ2n) is 4.94. The maximum absolute atomic E-state index is 11.8. The van der Waals surface area contributed by atoms with Gasteiger partial charge in [0.15, 0.2) is 0 Å². The van der Waals surface area contributed by atoms with E-state index in [1.165, 1.54) is 19.3 Å². The van der Waals surface area contributed by atoms with E-state index in [9.17, 15) is 4.79 Å². The summed E-state index contributed by atoms with van der Waals surface area (Å²) in [6.07, 6.45) is 3.62. The third-order valence-corrected chi connectivity index (χ3v) is 3.45. The predicted molar refractivity (Wildman–Crippen MR) is 71.1 cm³/mol. The van der Waals surface area contributed by atoms with E-state index in [0.29, 0.717) is 12.6 Å². The number of hydrogen-bond donors (Lipinski definition) is 1. The van der Waals surface area contributed by atoms with Crippen LogP contribution >= 0.6 is 0 Å². The monoisotopic (exact) mass is 241 g/mol. The Labute approximate surface area is 105 Å². The van der Waals surface area contributed by atoms with Crippen molar-refractivity contribution in [2.75, 3.05) is 39.8 Å². The Bertz CT molecular complexity index is 233. The van der Waals surface area contributed by atoms with Crippen molar-refractivity contribution >= 4 is 5.91 Å². The quantitative estimate of drug-likeness (QED) is 0.751. The molecule has 1 atom stereocenters. The van der Waals surface area contributed by atoms with E-state index in [1.807, 2.05) is 14.0 Å². The van der Waals surface area contributed by atoms with E-state index in [1.54, 1.807) is 4.90 Å². The van der Waals surface area contributed by atoms with Crippen molar-refractivity contribution in [2.45, 2.75) is 39.2 Å². The lowest BCUT2D eigenvalue weighted by Gasteiger charge is -2.33. The Morgan fingerprint density at radius 3 is 2.88 bits per heavy atom. The van der Waals surface area contributed by atoms with Gasteiger partial charge in [-0.1, -0.05) is 6.92 Å². The lowest BCUT2D eigenvalue weighted by atomic mass is 10.1. The zero-order valence-electron chi connectivity index (χ0n) is 11.5. The third-order valence-electron chi connectivity index (χ3n) is 3.45. The minimum Gasteiger partial charge on any atom is -0.345 e. The van der Waals surface area contributed by atoms with Gasteiger partial charge in [-0.25, -0.2) is 0 Å². The molecule has 0 aromatic heterocycles. The third kappa shape index (κ3) is 5.04. The van der Waals surface area contributed by atoms with Gasteiger partial charge < -0.3 is 10.2 Å². The molecule has 0 aromatic carbocycles. The average molecular weight is 241 g/mol. The van der Waals surface area contributed by atoms with E-state index >= 15 is 0 Å². The molecule has 0 spiro atoms. The molecule has 0 aliphatic carbocycles. The van der Waals surface area contributed by atoms with Crippen LogP contribution in [0.4, 0.5) is 0 Å². The van der Waals surface area contributed by atoms with Gasteiger partial charge in [0.2, 0.25) is 5.91 Å². The maximum atomic E-state index is 11.8. The fraction of sp³-hybridized carbons (Fsp3) is 0.923. The molecule has 0 aromatic rings. The van der Waals surface area contributed by atoms with Crippen molar-refractivity contribution < 1.29 is 4.79 Å². The molecule has 1 fully saturated rings. The molecule has 0 bridgehead atoms. The van der Waals surface area contributed by atoms with Crippen LogP contribution < -0.4 is 5.32 Å². The van der Waals surface area contributed by atoms with Gasteiger partial charge >= 0.3 is 0 Å². The fourth-order valence-electron chi connectivity index (χ4n) is 2.20. The van der Waals surface area contributed by atoms with Gasteiger partial charge in [-0.15, -0.1) is 0 Å². The topological polar surface area (TPSA) is 35.6 Å². The first-order chi connectivity index (χ1) is 8.17. The second-order valence-corrected chi connectivity index (χ2v) is 4.94. The van der Waals surface area contributed by atoms with Gasteiger partial charge in [0.25, 0.3) is 0 Å². The van der Waals surface area contributed by atoms with Crippen molar-refractivity contribution in [3.8, 4) is 0 Å². The second kappa shape index (κ2) is 7.67. The summed E-state index contributed by atoms with van der Waals surface area (Å²) in [6, 6.07) is 0.573. The van der Waals surface area contributed by atoms with Crippen LogP contribution in [0.5, 0.6) is 0 Å². The highest BCUT2D eigenvalue weighted by molar-refractivity contribution is 5.77. The first-order valence-electron chi connectivity index (χ1n) is 6.87. The molecule has 1 N–H and O–H groups in total. The van der Waals surface area contributed by atoms with Crippen LogP contribution in [-0.2, 0) is 4.79 Å². The molecule has 1 rings (SSSR count). The molecule has 0 radical (unpaired) electrons. The number of nitrogens with one attached hydrogen (secondary N) is 1. The van der Waals surface area contributed by atoms with Crippen LogP contribution in [-0.4, -0.2) is 61.5 Å². The SMILES string of the molecule is CCCNC1CCCN(CC(=O)N(C)CC)C1. The number of hydrogen-bond acceptors (Lipinski definition) is 3. The summed E-state index contributed by atoms with van der Waals surface area (Å²) in [5, 5.41) is 3.55. The molecular formula is C13H27N3O. The van der Waals surface area contributed by atoms with Crippen LogP contribution in [0.15, 0.2) is 0 Å². The molecule has 4 heteroatoms. The summed E-state index contributed by atoms with van der Waals surface area (Å²) < 4.78 is 0. The summed E-state index contributed by atoms with van der Waals surface area (Å²) in [6.45, 7) is 8.74. The molecule has 0 saturated carbocycles. The largest absolute Gasteiger partial charge is 0.345 e. The Morgan fingerprint density at radius 1 is 1.47 bits per heavy atom. The van der Waals surface area contributed by atoms with E-state index in [4.69, 9.17) is 0 Å². The summed E-state index contributed by atoms with van der Waals surface area (Å²) >= 11 is 0. The van der Waals surface area contributed by atoms with Gasteiger partial charge in [-0.2, -0.15) is 0 Å². The van der Waals surface area contributed by atoms with Crippen LogP contribution in [0.25, 0.3) is 0 Å². The highest BCUT2D eigenvalue weighted by atomic mass is 16.2. The number of piperidine rings is 1. The van der Waals surface area contributed by atoms with Gasteiger partial charge in [-0.05, 0) is 39.3 Å². The fourth-order valence-corrected chi connectivity index (χ4v) is 2.20. The molecule has 17 heavy (non-hydrogen) atoms. The molecule has 1 aliphatic heterocycles. The average Bonchev–Trinajstić information content (AvgIpc) is 2.35. The maximum Gasteiger partial charge on any atom is 0.236 e. The van der Waals surface area contributed by atoms with Crippen molar-refractivity contribution in [3.63, 3.8) is 0 Å². The van der Waals surface area contributed by atoms with Crippen molar-refractivity contribution in [1.29, 1.82) is 0 Å². The minimum absolute atomic E-state index is 0.239. The molecule has 100 valence electrons. The van der Waals surface area contributed by atoms with E-state index in [-0.39, 0.29) is 5.91 Å². The lowest BCUT2D eigenvalue weighted by Crippen LogP contribution is -2.49. The highest BCUT2D eigenvalue weighted by Gasteiger charge is 2.21. The Balaban J connectivity index is 2.31. The molecular weight excluding hydrogens is 214 g/mol. The van der Waals surface area contributed by atoms with Crippen LogP contribution in [0.2, 0.25) is 0 Å². The highest BCUT2D eigenvalue weighted by Crippen LogP contribution is 2.10. The normalized spacial score (nSPS) is 21.5. The smallest absolute Gasteiger partial charge is 0.236 e. The number of carbonyl (C=O) groups is 1. The molecule has 1 aliphatic rings. The number of carbonyl (C=O) groups excluding carboxylic acids is 1. The van der Waals surface area contributed by atoms with Gasteiger partial charge in [-0.3, -0.25) is 9.69 Å². The molecule has 1 amide bonds. The van der Waals surface area contributed by atoms with Gasteiger partial charge in [0, 0.05) is 26.2 Å². The Kier molecular flexibility index (Phi) is 6.52.